The van der Waals surface area contributed by atoms with Crippen molar-refractivity contribution in [2.45, 2.75) is 82.5 Å². The molecule has 4 fully saturated rings. The van der Waals surface area contributed by atoms with Crippen LogP contribution in [0.15, 0.2) is 49.0 Å². The molecule has 6 nitrogen and oxygen atoms in total. The molecule has 39 heavy (non-hydrogen) atoms. The minimum absolute atomic E-state index is 0.113. The number of rotatable bonds is 13. The molecular weight excluding hydrogens is 490 g/mol. The Morgan fingerprint density at radius 1 is 0.897 bits per heavy atom. The number of carbonyl (C=O) groups excluding carboxylic acids is 1. The molecule has 0 aromatic heterocycles. The second kappa shape index (κ2) is 12.0. The lowest BCUT2D eigenvalue weighted by atomic mass is 9.47. The molecule has 1 amide bonds. The summed E-state index contributed by atoms with van der Waals surface area (Å²) in [7, 11) is 0. The van der Waals surface area contributed by atoms with Gasteiger partial charge in [-0.1, -0.05) is 56.2 Å². The number of hydrogen-bond acceptors (Lipinski definition) is 4. The minimum Gasteiger partial charge on any atom is -0.494 e. The number of carboxylic acid groups (broad SMARTS) is 1. The largest absolute Gasteiger partial charge is 0.494 e. The van der Waals surface area contributed by atoms with Crippen LogP contribution in [-0.4, -0.2) is 28.8 Å². The van der Waals surface area contributed by atoms with Gasteiger partial charge in [-0.25, -0.2) is 10.3 Å². The lowest BCUT2D eigenvalue weighted by Crippen LogP contribution is -2.48. The highest BCUT2D eigenvalue weighted by molar-refractivity contribution is 6.14. The van der Waals surface area contributed by atoms with Gasteiger partial charge in [0.05, 0.1) is 12.2 Å². The molecule has 0 radical (unpaired) electrons. The molecule has 6 rings (SSSR count). The molecule has 0 saturated heterocycles. The van der Waals surface area contributed by atoms with Crippen LogP contribution in [0.2, 0.25) is 0 Å². The molecule has 6 heteroatoms. The lowest BCUT2D eigenvalue weighted by molar-refractivity contribution is -0.130. The maximum Gasteiger partial charge on any atom is 0.335 e. The summed E-state index contributed by atoms with van der Waals surface area (Å²) in [5.41, 5.74) is 6.40. The van der Waals surface area contributed by atoms with Crippen LogP contribution < -0.4 is 10.2 Å². The van der Waals surface area contributed by atoms with Gasteiger partial charge in [0.1, 0.15) is 5.75 Å². The molecule has 4 aliphatic rings. The third-order valence-corrected chi connectivity index (χ3v) is 9.34. The summed E-state index contributed by atoms with van der Waals surface area (Å²) >= 11 is 0. The molecule has 0 spiro atoms. The van der Waals surface area contributed by atoms with Crippen LogP contribution in [0, 0.1) is 17.8 Å². The number of aliphatic carboxylic acids is 1. The fourth-order valence-electron chi connectivity index (χ4n) is 7.88. The van der Waals surface area contributed by atoms with E-state index < -0.39 is 5.97 Å². The molecule has 0 unspecified atom stereocenters. The van der Waals surface area contributed by atoms with Crippen molar-refractivity contribution >= 4 is 17.4 Å². The maximum atomic E-state index is 11.4. The van der Waals surface area contributed by atoms with E-state index in [0.29, 0.717) is 18.6 Å². The van der Waals surface area contributed by atoms with Crippen molar-refractivity contribution in [1.82, 2.24) is 5.48 Å². The molecule has 4 bridgehead atoms. The topological polar surface area (TPSA) is 95.9 Å². The van der Waals surface area contributed by atoms with E-state index in [4.69, 9.17) is 9.94 Å². The van der Waals surface area contributed by atoms with Crippen LogP contribution >= 0.6 is 0 Å². The van der Waals surface area contributed by atoms with E-state index in [1.807, 2.05) is 24.3 Å². The predicted molar refractivity (Wildman–Crippen MR) is 152 cm³/mol. The highest BCUT2D eigenvalue weighted by Crippen LogP contribution is 2.62. The van der Waals surface area contributed by atoms with Gasteiger partial charge in [0.2, 0.25) is 5.91 Å². The number of benzene rings is 2. The Morgan fingerprint density at radius 2 is 1.51 bits per heavy atom. The van der Waals surface area contributed by atoms with Crippen molar-refractivity contribution in [3.63, 3.8) is 0 Å². The predicted octanol–water partition coefficient (Wildman–Crippen LogP) is 7.14. The quantitative estimate of drug-likeness (QED) is 0.110. The van der Waals surface area contributed by atoms with E-state index in [1.165, 1.54) is 49.7 Å². The molecule has 0 aliphatic heterocycles. The first-order chi connectivity index (χ1) is 18.9. The zero-order chi connectivity index (χ0) is 27.4. The standard InChI is InChI=1S/C33H41NO5/c1-22(32(36)37)26-8-10-27(11-9-26)29-13-12-28(39-14-6-4-2-3-5-7-31(35)34-38)18-30(29)33-19-23-15-24(20-33)17-25(16-23)21-33/h8-13,18,23-25,38H,1-7,14-17,19-21H2,(H,34,35)(H,36,37). The Labute approximate surface area is 231 Å². The number of carboxylic acids is 1. The summed E-state index contributed by atoms with van der Waals surface area (Å²) in [6.45, 7) is 4.38. The van der Waals surface area contributed by atoms with Crippen molar-refractivity contribution in [2.24, 2.45) is 17.8 Å². The Bertz CT molecular complexity index is 1170. The van der Waals surface area contributed by atoms with E-state index in [9.17, 15) is 14.7 Å². The van der Waals surface area contributed by atoms with Crippen LogP contribution in [0.4, 0.5) is 0 Å². The van der Waals surface area contributed by atoms with E-state index in [0.717, 1.165) is 61.2 Å². The number of carbonyl (C=O) groups is 2. The van der Waals surface area contributed by atoms with E-state index >= 15 is 0 Å². The molecule has 4 aliphatic carbocycles. The second-order valence-electron chi connectivity index (χ2n) is 12.2. The zero-order valence-electron chi connectivity index (χ0n) is 22.8. The van der Waals surface area contributed by atoms with Crippen LogP contribution in [0.1, 0.15) is 88.2 Å². The summed E-state index contributed by atoms with van der Waals surface area (Å²) < 4.78 is 6.27. The maximum absolute atomic E-state index is 11.4. The molecule has 4 saturated carbocycles. The minimum atomic E-state index is -0.993. The summed E-state index contributed by atoms with van der Waals surface area (Å²) in [5.74, 6) is 2.11. The number of ether oxygens (including phenoxy) is 1. The number of hydroxylamine groups is 1. The van der Waals surface area contributed by atoms with Gasteiger partial charge in [0.25, 0.3) is 0 Å². The van der Waals surface area contributed by atoms with Crippen molar-refractivity contribution in [1.29, 1.82) is 0 Å². The van der Waals surface area contributed by atoms with Crippen molar-refractivity contribution in [3.8, 4) is 16.9 Å². The van der Waals surface area contributed by atoms with Crippen molar-refractivity contribution < 1.29 is 24.6 Å². The summed E-state index contributed by atoms with van der Waals surface area (Å²) in [5, 5.41) is 17.9. The smallest absolute Gasteiger partial charge is 0.335 e. The number of nitrogens with one attached hydrogen (secondary N) is 1. The van der Waals surface area contributed by atoms with Gasteiger partial charge in [-0.05, 0) is 109 Å². The van der Waals surface area contributed by atoms with Crippen LogP contribution in [0.25, 0.3) is 16.7 Å². The monoisotopic (exact) mass is 531 g/mol. The summed E-state index contributed by atoms with van der Waals surface area (Å²) in [6.07, 6.45) is 13.1. The third kappa shape index (κ3) is 6.22. The first-order valence-corrected chi connectivity index (χ1v) is 14.6. The molecule has 208 valence electrons. The molecule has 2 aromatic rings. The van der Waals surface area contributed by atoms with Crippen LogP contribution in [0.5, 0.6) is 5.75 Å². The average Bonchev–Trinajstić information content (AvgIpc) is 2.93. The lowest BCUT2D eigenvalue weighted by Gasteiger charge is -2.57. The average molecular weight is 532 g/mol. The van der Waals surface area contributed by atoms with E-state index in [-0.39, 0.29) is 16.9 Å². The molecule has 0 atom stereocenters. The van der Waals surface area contributed by atoms with E-state index in [1.54, 1.807) is 5.48 Å². The molecule has 2 aromatic carbocycles. The van der Waals surface area contributed by atoms with Gasteiger partial charge in [0, 0.05) is 6.42 Å². The number of unbranched alkanes of at least 4 members (excludes halogenated alkanes) is 4. The van der Waals surface area contributed by atoms with Gasteiger partial charge >= 0.3 is 5.97 Å². The number of hydrogen-bond donors (Lipinski definition) is 3. The highest BCUT2D eigenvalue weighted by Gasteiger charge is 2.52. The fraction of sp³-hybridized carbons (Fsp3) is 0.515. The van der Waals surface area contributed by atoms with Gasteiger partial charge in [0.15, 0.2) is 0 Å². The van der Waals surface area contributed by atoms with Gasteiger partial charge in [-0.15, -0.1) is 0 Å². The van der Waals surface area contributed by atoms with Crippen molar-refractivity contribution in [3.05, 3.63) is 60.2 Å². The number of amides is 1. The van der Waals surface area contributed by atoms with Gasteiger partial charge < -0.3 is 9.84 Å². The first-order valence-electron chi connectivity index (χ1n) is 14.6. The first kappa shape index (κ1) is 27.4. The van der Waals surface area contributed by atoms with Crippen molar-refractivity contribution in [2.75, 3.05) is 6.61 Å². The molecule has 0 heterocycles. The third-order valence-electron chi connectivity index (χ3n) is 9.34. The highest BCUT2D eigenvalue weighted by atomic mass is 16.5. The Balaban J connectivity index is 1.30. The Morgan fingerprint density at radius 3 is 2.13 bits per heavy atom. The van der Waals surface area contributed by atoms with Crippen LogP contribution in [0.3, 0.4) is 0 Å². The second-order valence-corrected chi connectivity index (χ2v) is 12.2. The Kier molecular flexibility index (Phi) is 8.41. The SMILES string of the molecule is C=C(C(=O)O)c1ccc(-c2ccc(OCCCCCCCC(=O)NO)cc2C23CC4CC(CC(C4)C2)C3)cc1. The van der Waals surface area contributed by atoms with Crippen LogP contribution in [-0.2, 0) is 15.0 Å². The summed E-state index contributed by atoms with van der Waals surface area (Å²) in [4.78, 5) is 22.5. The molecular formula is C33H41NO5. The summed E-state index contributed by atoms with van der Waals surface area (Å²) in [6, 6.07) is 14.4. The molecule has 3 N–H and O–H groups in total. The van der Waals surface area contributed by atoms with Gasteiger partial charge in [-0.2, -0.15) is 0 Å². The normalized spacial score (nSPS) is 24.9. The fourth-order valence-corrected chi connectivity index (χ4v) is 7.88. The Hall–Kier alpha value is -3.12. The van der Waals surface area contributed by atoms with Gasteiger partial charge in [-0.3, -0.25) is 10.0 Å². The zero-order valence-corrected chi connectivity index (χ0v) is 22.8. The van der Waals surface area contributed by atoms with E-state index in [2.05, 4.69) is 24.8 Å².